The molecule has 0 unspecified atom stereocenters. The number of aryl methyl sites for hydroxylation is 1. The van der Waals surface area contributed by atoms with Crippen LogP contribution in [0.1, 0.15) is 44.2 Å². The van der Waals surface area contributed by atoms with E-state index < -0.39 is 0 Å². The fourth-order valence-electron chi connectivity index (χ4n) is 1.94. The maximum atomic E-state index is 11.8. The number of hydrogen-bond acceptors (Lipinski definition) is 2. The first kappa shape index (κ1) is 15.4. The molecule has 104 valence electrons. The van der Waals surface area contributed by atoms with Crippen molar-refractivity contribution in [3.8, 4) is 0 Å². The number of ketones is 1. The Labute approximate surface area is 115 Å². The molecule has 0 spiro atoms. The van der Waals surface area contributed by atoms with E-state index in [1.165, 1.54) is 12.5 Å². The minimum Gasteiger partial charge on any atom is -0.341 e. The summed E-state index contributed by atoms with van der Waals surface area (Å²) in [5.74, 6) is 0.0819. The van der Waals surface area contributed by atoms with Crippen molar-refractivity contribution >= 4 is 11.7 Å². The second-order valence-electron chi connectivity index (χ2n) is 5.02. The van der Waals surface area contributed by atoms with Crippen molar-refractivity contribution in [2.24, 2.45) is 0 Å². The zero-order valence-corrected chi connectivity index (χ0v) is 12.1. The molecule has 0 aliphatic carbocycles. The molecule has 0 fully saturated rings. The Hall–Kier alpha value is -1.64. The third-order valence-electron chi connectivity index (χ3n) is 3.10. The van der Waals surface area contributed by atoms with Crippen LogP contribution in [0.15, 0.2) is 24.3 Å². The maximum Gasteiger partial charge on any atom is 0.223 e. The van der Waals surface area contributed by atoms with Crippen molar-refractivity contribution in [3.05, 3.63) is 35.4 Å². The Morgan fingerprint density at radius 1 is 1.05 bits per heavy atom. The molecule has 1 rings (SSSR count). The van der Waals surface area contributed by atoms with E-state index >= 15 is 0 Å². The van der Waals surface area contributed by atoms with Gasteiger partial charge in [-0.3, -0.25) is 4.79 Å². The van der Waals surface area contributed by atoms with Crippen molar-refractivity contribution in [2.45, 2.75) is 46.1 Å². The second kappa shape index (κ2) is 7.72. The number of Topliss-reactive ketones (excluding diaryl/α,β-unsaturated/α-hetero) is 1. The molecule has 0 saturated heterocycles. The lowest BCUT2D eigenvalue weighted by atomic mass is 10.1. The third kappa shape index (κ3) is 5.69. The number of carbonyl (C=O) groups is 2. The molecule has 0 N–H and O–H groups in total. The van der Waals surface area contributed by atoms with Crippen LogP contribution in [0, 0.1) is 0 Å². The first-order chi connectivity index (χ1) is 9.02. The average molecular weight is 261 g/mol. The summed E-state index contributed by atoms with van der Waals surface area (Å²) >= 11 is 0. The van der Waals surface area contributed by atoms with E-state index in [2.05, 4.69) is 31.2 Å². The summed E-state index contributed by atoms with van der Waals surface area (Å²) in [5.41, 5.74) is 2.45. The minimum absolute atomic E-state index is 0.0211. The van der Waals surface area contributed by atoms with Gasteiger partial charge in [0.25, 0.3) is 0 Å². The molecular weight excluding hydrogens is 238 g/mol. The molecule has 19 heavy (non-hydrogen) atoms. The molecule has 0 saturated carbocycles. The highest BCUT2D eigenvalue weighted by atomic mass is 16.2. The van der Waals surface area contributed by atoms with Gasteiger partial charge in [-0.05, 0) is 24.5 Å². The van der Waals surface area contributed by atoms with Crippen LogP contribution in [0.5, 0.6) is 0 Å². The zero-order chi connectivity index (χ0) is 14.3. The Bertz CT molecular complexity index is 423. The van der Waals surface area contributed by atoms with Crippen LogP contribution in [-0.2, 0) is 22.6 Å². The Morgan fingerprint density at radius 3 is 2.16 bits per heavy atom. The highest BCUT2D eigenvalue weighted by molar-refractivity contribution is 5.83. The fraction of sp³-hybridized carbons (Fsp3) is 0.500. The SMILES string of the molecule is CCCc1ccc(CN(C)C(=O)CCC(C)=O)cc1. The van der Waals surface area contributed by atoms with E-state index in [1.807, 2.05) is 0 Å². The summed E-state index contributed by atoms with van der Waals surface area (Å²) < 4.78 is 0. The molecule has 1 aromatic carbocycles. The largest absolute Gasteiger partial charge is 0.341 e. The number of benzene rings is 1. The molecule has 3 heteroatoms. The number of nitrogens with zero attached hydrogens (tertiary/aromatic N) is 1. The van der Waals surface area contributed by atoms with Crippen molar-refractivity contribution < 1.29 is 9.59 Å². The molecular formula is C16H23NO2. The van der Waals surface area contributed by atoms with Crippen LogP contribution in [0.25, 0.3) is 0 Å². The summed E-state index contributed by atoms with van der Waals surface area (Å²) in [4.78, 5) is 24.3. The van der Waals surface area contributed by atoms with E-state index in [4.69, 9.17) is 0 Å². The van der Waals surface area contributed by atoms with Crippen LogP contribution >= 0.6 is 0 Å². The quantitative estimate of drug-likeness (QED) is 0.756. The summed E-state index contributed by atoms with van der Waals surface area (Å²) in [5, 5.41) is 0. The molecule has 1 amide bonds. The van der Waals surface area contributed by atoms with Gasteiger partial charge in [-0.1, -0.05) is 37.6 Å². The smallest absolute Gasteiger partial charge is 0.223 e. The van der Waals surface area contributed by atoms with Gasteiger partial charge < -0.3 is 9.69 Å². The van der Waals surface area contributed by atoms with Gasteiger partial charge in [0.15, 0.2) is 0 Å². The van der Waals surface area contributed by atoms with Crippen molar-refractivity contribution in [2.75, 3.05) is 7.05 Å². The topological polar surface area (TPSA) is 37.4 Å². The molecule has 3 nitrogen and oxygen atoms in total. The predicted octanol–water partition coefficient (Wildman–Crippen LogP) is 2.97. The number of carbonyl (C=O) groups excluding carboxylic acids is 2. The van der Waals surface area contributed by atoms with Crippen molar-refractivity contribution in [1.82, 2.24) is 4.90 Å². The first-order valence-corrected chi connectivity index (χ1v) is 6.84. The lowest BCUT2D eigenvalue weighted by Gasteiger charge is -2.17. The molecule has 0 aromatic heterocycles. The zero-order valence-electron chi connectivity index (χ0n) is 12.1. The minimum atomic E-state index is 0.0211. The van der Waals surface area contributed by atoms with Gasteiger partial charge in [-0.25, -0.2) is 0 Å². The normalized spacial score (nSPS) is 10.3. The van der Waals surface area contributed by atoms with Crippen LogP contribution in [-0.4, -0.2) is 23.6 Å². The number of rotatable bonds is 7. The lowest BCUT2D eigenvalue weighted by molar-refractivity contribution is -0.132. The van der Waals surface area contributed by atoms with Crippen molar-refractivity contribution in [1.29, 1.82) is 0 Å². The fourth-order valence-corrected chi connectivity index (χ4v) is 1.94. The van der Waals surface area contributed by atoms with Gasteiger partial charge in [0.2, 0.25) is 5.91 Å². The lowest BCUT2D eigenvalue weighted by Crippen LogP contribution is -2.26. The monoisotopic (exact) mass is 261 g/mol. The highest BCUT2D eigenvalue weighted by Crippen LogP contribution is 2.09. The Morgan fingerprint density at radius 2 is 1.63 bits per heavy atom. The van der Waals surface area contributed by atoms with Gasteiger partial charge >= 0.3 is 0 Å². The molecule has 0 aliphatic rings. The van der Waals surface area contributed by atoms with Crippen LogP contribution in [0.2, 0.25) is 0 Å². The molecule has 1 aromatic rings. The van der Waals surface area contributed by atoms with Crippen molar-refractivity contribution in [3.63, 3.8) is 0 Å². The predicted molar refractivity (Wildman–Crippen MR) is 76.8 cm³/mol. The van der Waals surface area contributed by atoms with Gasteiger partial charge in [0.05, 0.1) is 0 Å². The van der Waals surface area contributed by atoms with E-state index in [0.29, 0.717) is 19.4 Å². The van der Waals surface area contributed by atoms with Crippen LogP contribution in [0.4, 0.5) is 0 Å². The maximum absolute atomic E-state index is 11.8. The molecule has 0 bridgehead atoms. The molecule has 0 radical (unpaired) electrons. The summed E-state index contributed by atoms with van der Waals surface area (Å²) in [6, 6.07) is 8.37. The van der Waals surface area contributed by atoms with E-state index in [1.54, 1.807) is 11.9 Å². The molecule has 0 heterocycles. The standard InChI is InChI=1S/C16H23NO2/c1-4-5-14-7-9-15(10-8-14)12-17(3)16(19)11-6-13(2)18/h7-10H,4-6,11-12H2,1-3H3. The molecule has 0 aliphatic heterocycles. The number of amides is 1. The Balaban J connectivity index is 2.49. The van der Waals surface area contributed by atoms with Gasteiger partial charge in [-0.2, -0.15) is 0 Å². The summed E-state index contributed by atoms with van der Waals surface area (Å²) in [6.07, 6.45) is 2.87. The summed E-state index contributed by atoms with van der Waals surface area (Å²) in [6.45, 7) is 4.28. The first-order valence-electron chi connectivity index (χ1n) is 6.84. The van der Waals surface area contributed by atoms with Gasteiger partial charge in [0, 0.05) is 26.4 Å². The van der Waals surface area contributed by atoms with Crippen LogP contribution in [0.3, 0.4) is 0 Å². The van der Waals surface area contributed by atoms with E-state index in [9.17, 15) is 9.59 Å². The van der Waals surface area contributed by atoms with Gasteiger partial charge in [0.1, 0.15) is 5.78 Å². The average Bonchev–Trinajstić information content (AvgIpc) is 2.38. The molecule has 0 atom stereocenters. The third-order valence-corrected chi connectivity index (χ3v) is 3.10. The highest BCUT2D eigenvalue weighted by Gasteiger charge is 2.10. The van der Waals surface area contributed by atoms with Gasteiger partial charge in [-0.15, -0.1) is 0 Å². The Kier molecular flexibility index (Phi) is 6.26. The van der Waals surface area contributed by atoms with E-state index in [0.717, 1.165) is 18.4 Å². The summed E-state index contributed by atoms with van der Waals surface area (Å²) in [7, 11) is 1.78. The second-order valence-corrected chi connectivity index (χ2v) is 5.02. The van der Waals surface area contributed by atoms with Crippen LogP contribution < -0.4 is 0 Å². The number of hydrogen-bond donors (Lipinski definition) is 0. The van der Waals surface area contributed by atoms with E-state index in [-0.39, 0.29) is 11.7 Å².